The van der Waals surface area contributed by atoms with E-state index < -0.39 is 28.9 Å². The fourth-order valence-electron chi connectivity index (χ4n) is 13.7. The number of allylic oxidation sites excluding steroid dienone is 1. The van der Waals surface area contributed by atoms with Gasteiger partial charge in [0.25, 0.3) is 0 Å². The highest BCUT2D eigenvalue weighted by molar-refractivity contribution is 6.00. The summed E-state index contributed by atoms with van der Waals surface area (Å²) >= 11 is 0. The van der Waals surface area contributed by atoms with E-state index in [-0.39, 0.29) is 70.2 Å². The van der Waals surface area contributed by atoms with Gasteiger partial charge >= 0.3 is 11.9 Å². The van der Waals surface area contributed by atoms with Gasteiger partial charge in [0.1, 0.15) is 6.10 Å². The molecule has 0 aromatic heterocycles. The summed E-state index contributed by atoms with van der Waals surface area (Å²) < 4.78 is 6.18. The maximum absolute atomic E-state index is 14.3. The molecule has 56 heavy (non-hydrogen) atoms. The zero-order valence-electron chi connectivity index (χ0n) is 36.3. The van der Waals surface area contributed by atoms with Crippen LogP contribution in [0.5, 0.6) is 0 Å². The third-order valence-electron chi connectivity index (χ3n) is 16.9. The number of rotatable bonds is 11. The summed E-state index contributed by atoms with van der Waals surface area (Å²) in [6.07, 6.45) is 6.47. The minimum absolute atomic E-state index is 0.00291. The molecule has 0 aliphatic heterocycles. The van der Waals surface area contributed by atoms with Crippen molar-refractivity contribution in [2.24, 2.45) is 62.1 Å². The number of esters is 1. The number of carboxylic acids is 1. The number of hydrogen-bond donors (Lipinski definition) is 2. The Bertz CT molecular complexity index is 1740. The number of aliphatic hydroxyl groups excluding tert-OH is 1. The maximum Gasteiger partial charge on any atom is 0.309 e. The first-order valence-electron chi connectivity index (χ1n) is 21.7. The molecule has 4 saturated carbocycles. The molecule has 0 heterocycles. The minimum atomic E-state index is -1.18. The smallest absolute Gasteiger partial charge is 0.309 e. The van der Waals surface area contributed by atoms with E-state index in [4.69, 9.17) is 4.74 Å². The molecule has 1 amide bonds. The summed E-state index contributed by atoms with van der Waals surface area (Å²) in [5, 5.41) is 22.2. The van der Waals surface area contributed by atoms with Crippen molar-refractivity contribution >= 4 is 23.6 Å². The number of carboxylic acid groups (broad SMARTS) is 1. The maximum atomic E-state index is 14.3. The topological polar surface area (TPSA) is 121 Å². The van der Waals surface area contributed by atoms with Crippen LogP contribution in [0.3, 0.4) is 0 Å². The lowest BCUT2D eigenvalue weighted by molar-refractivity contribution is -0.235. The molecule has 1 aromatic rings. The quantitative estimate of drug-likeness (QED) is 0.215. The van der Waals surface area contributed by atoms with Crippen LogP contribution in [0.2, 0.25) is 0 Å². The second-order valence-corrected chi connectivity index (χ2v) is 21.4. The summed E-state index contributed by atoms with van der Waals surface area (Å²) in [5.41, 5.74) is 0.970. The van der Waals surface area contributed by atoms with Crippen molar-refractivity contribution in [3.05, 3.63) is 47.0 Å². The van der Waals surface area contributed by atoms with E-state index in [1.807, 2.05) is 49.1 Å². The van der Waals surface area contributed by atoms with Gasteiger partial charge in [-0.25, -0.2) is 0 Å². The molecule has 0 radical (unpaired) electrons. The Labute approximate surface area is 336 Å². The number of aliphatic hydroxyl groups is 1. The average Bonchev–Trinajstić information content (AvgIpc) is 3.42. The van der Waals surface area contributed by atoms with Crippen LogP contribution in [0.1, 0.15) is 146 Å². The Morgan fingerprint density at radius 1 is 0.875 bits per heavy atom. The van der Waals surface area contributed by atoms with Crippen LogP contribution in [0.15, 0.2) is 41.5 Å². The highest BCUT2D eigenvalue weighted by Gasteiger charge is 2.71. The molecule has 310 valence electrons. The Hall–Kier alpha value is -3.00. The van der Waals surface area contributed by atoms with Gasteiger partial charge < -0.3 is 19.8 Å². The van der Waals surface area contributed by atoms with Gasteiger partial charge in [0.2, 0.25) is 5.91 Å². The van der Waals surface area contributed by atoms with E-state index in [0.717, 1.165) is 62.5 Å². The molecule has 9 atom stereocenters. The molecule has 6 rings (SSSR count). The van der Waals surface area contributed by atoms with Crippen LogP contribution < -0.4 is 0 Å². The molecule has 4 fully saturated rings. The first-order chi connectivity index (χ1) is 26.0. The van der Waals surface area contributed by atoms with Crippen LogP contribution in [0, 0.1) is 62.1 Å². The molecule has 2 N–H and O–H groups in total. The lowest BCUT2D eigenvalue weighted by Crippen LogP contribution is -2.66. The van der Waals surface area contributed by atoms with Gasteiger partial charge in [-0.1, -0.05) is 98.2 Å². The van der Waals surface area contributed by atoms with Gasteiger partial charge in [0.15, 0.2) is 5.78 Å². The molecule has 5 aliphatic rings. The number of aliphatic carboxylic acids is 1. The average molecular weight is 774 g/mol. The number of nitrogens with zero attached hydrogens (tertiary/aromatic N) is 1. The van der Waals surface area contributed by atoms with E-state index in [1.54, 1.807) is 13.8 Å². The number of carbonyl (C=O) groups excluding carboxylic acids is 3. The summed E-state index contributed by atoms with van der Waals surface area (Å²) in [6, 6.07) is 9.98. The van der Waals surface area contributed by atoms with E-state index in [2.05, 4.69) is 48.5 Å². The number of fused-ring (bicyclic) bond motifs is 7. The number of Topliss-reactive ketones (excluding diaryl/α,β-unsaturated/α-hetero) is 1. The SMILES string of the molecule is CC(C)C(=O)N(Cc1ccccc1)CC(O)C12CC[C@]3(C)[C@H](CC[C@@H]4[C@@]5(C)CC[C@H](OC(=O)CC(C)(C)C(=O)O)C(C)(C)[C@H]5CC[C@]43C)C1=C(C(C)C)C(=O)C2. The number of hydrogen-bond acceptors (Lipinski definition) is 6. The third kappa shape index (κ3) is 6.70. The van der Waals surface area contributed by atoms with Crippen LogP contribution >= 0.6 is 0 Å². The predicted octanol–water partition coefficient (Wildman–Crippen LogP) is 9.43. The lowest BCUT2D eigenvalue weighted by Gasteiger charge is -2.72. The molecule has 1 aromatic carbocycles. The van der Waals surface area contributed by atoms with Crippen LogP contribution in [-0.2, 0) is 30.5 Å². The Morgan fingerprint density at radius 2 is 1.54 bits per heavy atom. The number of benzene rings is 1. The van der Waals surface area contributed by atoms with Gasteiger partial charge in [-0.3, -0.25) is 19.2 Å². The van der Waals surface area contributed by atoms with E-state index in [0.29, 0.717) is 24.8 Å². The molecule has 8 nitrogen and oxygen atoms in total. The first kappa shape index (κ1) is 42.6. The normalized spacial score (nSPS) is 35.6. The molecule has 8 heteroatoms. The Kier molecular flexibility index (Phi) is 11.2. The van der Waals surface area contributed by atoms with Crippen molar-refractivity contribution in [2.45, 2.75) is 159 Å². The van der Waals surface area contributed by atoms with E-state index in [9.17, 15) is 29.4 Å². The van der Waals surface area contributed by atoms with Crippen molar-refractivity contribution in [1.29, 1.82) is 0 Å². The van der Waals surface area contributed by atoms with Crippen molar-refractivity contribution < 1.29 is 34.1 Å². The molecule has 5 aliphatic carbocycles. The van der Waals surface area contributed by atoms with Crippen LogP contribution in [-0.4, -0.2) is 57.5 Å². The van der Waals surface area contributed by atoms with Crippen molar-refractivity contribution in [3.8, 4) is 0 Å². The van der Waals surface area contributed by atoms with Crippen LogP contribution in [0.25, 0.3) is 0 Å². The summed E-state index contributed by atoms with van der Waals surface area (Å²) in [6.45, 7) is 23.9. The predicted molar refractivity (Wildman–Crippen MR) is 218 cm³/mol. The summed E-state index contributed by atoms with van der Waals surface area (Å²) in [7, 11) is 0. The van der Waals surface area contributed by atoms with Crippen molar-refractivity contribution in [1.82, 2.24) is 4.90 Å². The molecule has 0 bridgehead atoms. The van der Waals surface area contributed by atoms with Gasteiger partial charge in [0, 0.05) is 36.3 Å². The molecule has 0 spiro atoms. The number of ketones is 1. The summed E-state index contributed by atoms with van der Waals surface area (Å²) in [4.78, 5) is 54.7. The van der Waals surface area contributed by atoms with E-state index >= 15 is 0 Å². The standard InChI is InChI=1S/C48H71NO7/c1-29(2)39-33(50)25-48(36(51)28-49(41(53)30(3)4)27-31-15-13-12-14-16-31)24-23-46(10)32(40(39)48)17-18-35-45(9)21-20-37(56-38(52)26-43(5,6)42(54)55)44(7,8)34(45)19-22-47(35,46)11/h12-16,29-30,32,34-37,51H,17-28H2,1-11H3,(H,54,55)/t32-,34-,35-,36?,37+,45+,46-,47-,48?/m1/s1. The Morgan fingerprint density at radius 3 is 2.14 bits per heavy atom. The fourth-order valence-corrected chi connectivity index (χ4v) is 13.7. The Balaban J connectivity index is 1.30. The summed E-state index contributed by atoms with van der Waals surface area (Å²) in [5.74, 6) is -0.466. The number of ether oxygens (including phenoxy) is 1. The van der Waals surface area contributed by atoms with Crippen molar-refractivity contribution in [3.63, 3.8) is 0 Å². The third-order valence-corrected chi connectivity index (χ3v) is 16.9. The fraction of sp³-hybridized carbons (Fsp3) is 0.750. The largest absolute Gasteiger partial charge is 0.481 e. The van der Waals surface area contributed by atoms with Crippen LogP contribution in [0.4, 0.5) is 0 Å². The second-order valence-electron chi connectivity index (χ2n) is 21.4. The lowest BCUT2D eigenvalue weighted by atomic mass is 9.33. The highest BCUT2D eigenvalue weighted by atomic mass is 16.5. The van der Waals surface area contributed by atoms with Gasteiger partial charge in [-0.15, -0.1) is 0 Å². The zero-order valence-corrected chi connectivity index (χ0v) is 36.3. The first-order valence-corrected chi connectivity index (χ1v) is 21.7. The zero-order chi connectivity index (χ0) is 41.4. The molecule has 0 saturated heterocycles. The molecular formula is C48H71NO7. The second kappa shape index (κ2) is 14.7. The minimum Gasteiger partial charge on any atom is -0.481 e. The molecule has 2 unspecified atom stereocenters. The molecular weight excluding hydrogens is 703 g/mol. The number of carbonyl (C=O) groups is 4. The monoisotopic (exact) mass is 774 g/mol. The van der Waals surface area contributed by atoms with E-state index in [1.165, 1.54) is 5.57 Å². The van der Waals surface area contributed by atoms with Crippen molar-refractivity contribution in [2.75, 3.05) is 6.54 Å². The number of amides is 1. The van der Waals surface area contributed by atoms with Gasteiger partial charge in [0.05, 0.1) is 17.9 Å². The highest BCUT2D eigenvalue weighted by Crippen LogP contribution is 2.77. The van der Waals surface area contributed by atoms with Gasteiger partial charge in [-0.2, -0.15) is 0 Å². The van der Waals surface area contributed by atoms with Gasteiger partial charge in [-0.05, 0) is 116 Å².